The lowest BCUT2D eigenvalue weighted by atomic mass is 10.1. The number of H-pyrrole nitrogens is 1. The van der Waals surface area contributed by atoms with Crippen molar-refractivity contribution in [3.05, 3.63) is 54.0 Å². The smallest absolute Gasteiger partial charge is 0.356 e. The van der Waals surface area contributed by atoms with Gasteiger partial charge in [-0.2, -0.15) is 5.10 Å². The maximum Gasteiger partial charge on any atom is 0.356 e. The minimum absolute atomic E-state index is 0.0392. The average molecular weight is 319 g/mol. The first kappa shape index (κ1) is 14.1. The van der Waals surface area contributed by atoms with Gasteiger partial charge in [0, 0.05) is 28.9 Å². The van der Waals surface area contributed by atoms with Crippen LogP contribution in [0.25, 0.3) is 21.8 Å². The molecular formula is C17H13N5O2. The van der Waals surface area contributed by atoms with Crippen LogP contribution in [0.4, 0.5) is 11.5 Å². The highest BCUT2D eigenvalue weighted by Gasteiger charge is 2.18. The van der Waals surface area contributed by atoms with Crippen LogP contribution >= 0.6 is 0 Å². The zero-order valence-electron chi connectivity index (χ0n) is 12.7. The van der Waals surface area contributed by atoms with Crippen molar-refractivity contribution in [2.45, 2.75) is 6.92 Å². The Morgan fingerprint density at radius 3 is 2.67 bits per heavy atom. The van der Waals surface area contributed by atoms with Crippen LogP contribution in [0.15, 0.2) is 42.7 Å². The summed E-state index contributed by atoms with van der Waals surface area (Å²) in [6.07, 6.45) is 3.33. The highest BCUT2D eigenvalue weighted by Crippen LogP contribution is 2.30. The Balaban J connectivity index is 1.96. The largest absolute Gasteiger partial charge is 0.476 e. The van der Waals surface area contributed by atoms with E-state index in [2.05, 4.69) is 25.5 Å². The van der Waals surface area contributed by atoms with Crippen molar-refractivity contribution < 1.29 is 9.90 Å². The van der Waals surface area contributed by atoms with Crippen LogP contribution in [0.1, 0.15) is 16.1 Å². The molecule has 7 nitrogen and oxygen atoms in total. The Labute approximate surface area is 136 Å². The standard InChI is InChI=1S/C17H13N5O2/c1-9-2-4-10(5-3-9)19-16-11-6-7-18-8-12(11)13-14(20-16)15(17(23)24)22-21-13/h2-8H,1H3,(H,19,20)(H,21,22)(H,23,24). The number of fused-ring (bicyclic) bond motifs is 3. The molecule has 1 aromatic carbocycles. The molecule has 3 N–H and O–H groups in total. The predicted octanol–water partition coefficient (Wildman–Crippen LogP) is 3.26. The molecule has 0 saturated heterocycles. The normalized spacial score (nSPS) is 11.0. The fourth-order valence-corrected chi connectivity index (χ4v) is 2.61. The molecule has 0 unspecified atom stereocenters. The number of carbonyl (C=O) groups is 1. The third-order valence-corrected chi connectivity index (χ3v) is 3.82. The van der Waals surface area contributed by atoms with Crippen molar-refractivity contribution in [3.63, 3.8) is 0 Å². The van der Waals surface area contributed by atoms with Gasteiger partial charge >= 0.3 is 5.97 Å². The van der Waals surface area contributed by atoms with Crippen LogP contribution in [0.2, 0.25) is 0 Å². The van der Waals surface area contributed by atoms with Gasteiger partial charge < -0.3 is 10.4 Å². The van der Waals surface area contributed by atoms with Crippen molar-refractivity contribution in [1.82, 2.24) is 20.2 Å². The lowest BCUT2D eigenvalue weighted by Gasteiger charge is -2.09. The zero-order chi connectivity index (χ0) is 16.7. The topological polar surface area (TPSA) is 104 Å². The van der Waals surface area contributed by atoms with E-state index in [4.69, 9.17) is 0 Å². The van der Waals surface area contributed by atoms with Crippen LogP contribution in [0, 0.1) is 6.92 Å². The molecule has 0 radical (unpaired) electrons. The second-order valence-electron chi connectivity index (χ2n) is 5.47. The Kier molecular flexibility index (Phi) is 3.13. The number of anilines is 2. The van der Waals surface area contributed by atoms with Crippen LogP contribution in [0.3, 0.4) is 0 Å². The van der Waals surface area contributed by atoms with Crippen LogP contribution in [-0.2, 0) is 0 Å². The van der Waals surface area contributed by atoms with Gasteiger partial charge in [0.25, 0.3) is 0 Å². The van der Waals surface area contributed by atoms with Gasteiger partial charge in [0.2, 0.25) is 0 Å². The fraction of sp³-hybridized carbons (Fsp3) is 0.0588. The molecular weight excluding hydrogens is 306 g/mol. The number of carboxylic acids is 1. The highest BCUT2D eigenvalue weighted by molar-refractivity contribution is 6.12. The molecule has 0 aliphatic rings. The molecule has 0 saturated carbocycles. The SMILES string of the molecule is Cc1ccc(Nc2nc3c(C(=O)O)[nH]nc3c3cnccc23)cc1. The first-order valence-corrected chi connectivity index (χ1v) is 7.32. The highest BCUT2D eigenvalue weighted by atomic mass is 16.4. The second-order valence-corrected chi connectivity index (χ2v) is 5.47. The number of carboxylic acid groups (broad SMARTS) is 1. The van der Waals surface area contributed by atoms with Gasteiger partial charge in [-0.1, -0.05) is 17.7 Å². The van der Waals surface area contributed by atoms with E-state index in [0.717, 1.165) is 22.0 Å². The summed E-state index contributed by atoms with van der Waals surface area (Å²) in [4.78, 5) is 20.0. The number of aromatic nitrogens is 4. The van der Waals surface area contributed by atoms with Crippen LogP contribution < -0.4 is 5.32 Å². The van der Waals surface area contributed by atoms with Gasteiger partial charge in [-0.15, -0.1) is 0 Å². The number of benzene rings is 1. The van der Waals surface area contributed by atoms with E-state index in [1.165, 1.54) is 0 Å². The van der Waals surface area contributed by atoms with Gasteiger partial charge in [-0.3, -0.25) is 10.1 Å². The van der Waals surface area contributed by atoms with E-state index >= 15 is 0 Å². The van der Waals surface area contributed by atoms with Gasteiger partial charge in [-0.05, 0) is 25.1 Å². The van der Waals surface area contributed by atoms with Gasteiger partial charge in [0.05, 0.1) is 0 Å². The Morgan fingerprint density at radius 1 is 1.12 bits per heavy atom. The fourth-order valence-electron chi connectivity index (χ4n) is 2.61. The number of hydrogen-bond acceptors (Lipinski definition) is 5. The number of nitrogens with zero attached hydrogens (tertiary/aromatic N) is 3. The Hall–Kier alpha value is -3.48. The van der Waals surface area contributed by atoms with Gasteiger partial charge in [0.1, 0.15) is 16.9 Å². The van der Waals surface area contributed by atoms with E-state index in [9.17, 15) is 9.90 Å². The molecule has 7 heteroatoms. The van der Waals surface area contributed by atoms with Crippen LogP contribution in [-0.4, -0.2) is 31.2 Å². The molecule has 0 aliphatic heterocycles. The average Bonchev–Trinajstić information content (AvgIpc) is 3.01. The summed E-state index contributed by atoms with van der Waals surface area (Å²) in [7, 11) is 0. The number of hydrogen-bond donors (Lipinski definition) is 3. The summed E-state index contributed by atoms with van der Waals surface area (Å²) in [6.45, 7) is 2.01. The number of nitrogens with one attached hydrogen (secondary N) is 2. The molecule has 3 aromatic heterocycles. The minimum Gasteiger partial charge on any atom is -0.476 e. The van der Waals surface area contributed by atoms with E-state index < -0.39 is 5.97 Å². The monoisotopic (exact) mass is 319 g/mol. The number of aromatic carboxylic acids is 1. The number of pyridine rings is 2. The number of aromatic amines is 1. The van der Waals surface area contributed by atoms with Crippen molar-refractivity contribution in [1.29, 1.82) is 0 Å². The van der Waals surface area contributed by atoms with Crippen molar-refractivity contribution in [3.8, 4) is 0 Å². The summed E-state index contributed by atoms with van der Waals surface area (Å²) in [6, 6.07) is 9.70. The lowest BCUT2D eigenvalue weighted by molar-refractivity contribution is 0.0692. The molecule has 4 aromatic rings. The summed E-state index contributed by atoms with van der Waals surface area (Å²) in [5.74, 6) is -0.540. The third kappa shape index (κ3) is 2.23. The number of rotatable bonds is 3. The second kappa shape index (κ2) is 5.31. The molecule has 0 amide bonds. The van der Waals surface area contributed by atoms with Gasteiger partial charge in [-0.25, -0.2) is 9.78 Å². The molecule has 0 fully saturated rings. The van der Waals surface area contributed by atoms with Crippen molar-refractivity contribution >= 4 is 39.3 Å². The summed E-state index contributed by atoms with van der Waals surface area (Å²) in [5.41, 5.74) is 2.78. The third-order valence-electron chi connectivity index (χ3n) is 3.82. The molecule has 0 bridgehead atoms. The molecule has 24 heavy (non-hydrogen) atoms. The predicted molar refractivity (Wildman–Crippen MR) is 90.6 cm³/mol. The van der Waals surface area contributed by atoms with E-state index in [1.54, 1.807) is 12.4 Å². The maximum absolute atomic E-state index is 11.4. The van der Waals surface area contributed by atoms with E-state index in [0.29, 0.717) is 16.9 Å². The molecule has 3 heterocycles. The summed E-state index contributed by atoms with van der Waals surface area (Å²) >= 11 is 0. The molecule has 0 aliphatic carbocycles. The molecule has 118 valence electrons. The summed E-state index contributed by atoms with van der Waals surface area (Å²) in [5, 5.41) is 20.7. The molecule has 0 atom stereocenters. The lowest BCUT2D eigenvalue weighted by Crippen LogP contribution is -2.00. The first-order chi connectivity index (χ1) is 11.6. The molecule has 0 spiro atoms. The van der Waals surface area contributed by atoms with Crippen molar-refractivity contribution in [2.24, 2.45) is 0 Å². The van der Waals surface area contributed by atoms with Crippen molar-refractivity contribution in [2.75, 3.05) is 5.32 Å². The van der Waals surface area contributed by atoms with Crippen LogP contribution in [0.5, 0.6) is 0 Å². The Bertz CT molecular complexity index is 1070. The Morgan fingerprint density at radius 2 is 1.92 bits per heavy atom. The minimum atomic E-state index is -1.10. The van der Waals surface area contributed by atoms with E-state index in [1.807, 2.05) is 37.3 Å². The molecule has 4 rings (SSSR count). The first-order valence-electron chi connectivity index (χ1n) is 7.32. The van der Waals surface area contributed by atoms with E-state index in [-0.39, 0.29) is 5.69 Å². The zero-order valence-corrected chi connectivity index (χ0v) is 12.7. The van der Waals surface area contributed by atoms with Gasteiger partial charge in [0.15, 0.2) is 5.69 Å². The maximum atomic E-state index is 11.4. The number of aryl methyl sites for hydroxylation is 1. The quantitative estimate of drug-likeness (QED) is 0.535. The summed E-state index contributed by atoms with van der Waals surface area (Å²) < 4.78 is 0.